The van der Waals surface area contributed by atoms with Crippen LogP contribution in [0.25, 0.3) is 0 Å². The number of rotatable bonds is 5. The molecule has 0 aliphatic rings. The monoisotopic (exact) mass is 456 g/mol. The van der Waals surface area contributed by atoms with Gasteiger partial charge in [0.25, 0.3) is 0 Å². The van der Waals surface area contributed by atoms with Crippen molar-refractivity contribution in [1.82, 2.24) is 0 Å². The third kappa shape index (κ3) is 5.83. The van der Waals surface area contributed by atoms with Crippen molar-refractivity contribution >= 4 is 11.8 Å². The predicted molar refractivity (Wildman–Crippen MR) is 139 cm³/mol. The molecular formula is C31H36O3. The highest BCUT2D eigenvalue weighted by molar-refractivity contribution is 6.02. The molecule has 3 nitrogen and oxygen atoms in total. The zero-order chi connectivity index (χ0) is 25.3. The van der Waals surface area contributed by atoms with Crippen molar-refractivity contribution in [3.63, 3.8) is 0 Å². The first-order valence-corrected chi connectivity index (χ1v) is 11.8. The molecular weight excluding hydrogens is 420 g/mol. The van der Waals surface area contributed by atoms with Gasteiger partial charge in [-0.1, -0.05) is 90.1 Å². The van der Waals surface area contributed by atoms with Gasteiger partial charge >= 0.3 is 5.97 Å². The maximum absolute atomic E-state index is 13.6. The Morgan fingerprint density at radius 3 is 1.74 bits per heavy atom. The Bertz CT molecular complexity index is 1160. The maximum atomic E-state index is 13.6. The van der Waals surface area contributed by atoms with E-state index in [2.05, 4.69) is 47.6 Å². The Hall–Kier alpha value is -3.20. The molecule has 3 aromatic rings. The van der Waals surface area contributed by atoms with E-state index in [9.17, 15) is 9.59 Å². The molecule has 0 spiro atoms. The molecule has 0 saturated carbocycles. The Kier molecular flexibility index (Phi) is 7.16. The number of carbonyl (C=O) groups excluding carboxylic acids is 2. The van der Waals surface area contributed by atoms with Gasteiger partial charge in [-0.2, -0.15) is 0 Å². The van der Waals surface area contributed by atoms with Crippen LogP contribution in [0.5, 0.6) is 0 Å². The highest BCUT2D eigenvalue weighted by atomic mass is 16.5. The highest BCUT2D eigenvalue weighted by Crippen LogP contribution is 2.32. The molecule has 0 bridgehead atoms. The maximum Gasteiger partial charge on any atom is 0.339 e. The number of esters is 1. The van der Waals surface area contributed by atoms with Crippen LogP contribution in [0.1, 0.15) is 96.2 Å². The van der Waals surface area contributed by atoms with Crippen molar-refractivity contribution in [2.45, 2.75) is 72.3 Å². The molecule has 0 aromatic heterocycles. The van der Waals surface area contributed by atoms with Gasteiger partial charge in [-0.15, -0.1) is 0 Å². The van der Waals surface area contributed by atoms with E-state index in [-0.39, 0.29) is 16.6 Å². The average Bonchev–Trinajstić information content (AvgIpc) is 2.77. The second-order valence-electron chi connectivity index (χ2n) is 11.2. The molecule has 3 heteroatoms. The summed E-state index contributed by atoms with van der Waals surface area (Å²) in [7, 11) is 0. The van der Waals surface area contributed by atoms with Crippen LogP contribution in [0, 0.1) is 13.8 Å². The van der Waals surface area contributed by atoms with E-state index in [1.54, 1.807) is 6.07 Å². The molecule has 0 amide bonds. The summed E-state index contributed by atoms with van der Waals surface area (Å²) in [6.45, 7) is 16.7. The summed E-state index contributed by atoms with van der Waals surface area (Å²) in [5.74, 6) is -0.728. The molecule has 3 rings (SSSR count). The van der Waals surface area contributed by atoms with Gasteiger partial charge in [0.1, 0.15) is 0 Å². The molecule has 178 valence electrons. The zero-order valence-electron chi connectivity index (χ0n) is 21.7. The lowest BCUT2D eigenvalue weighted by molar-refractivity contribution is 0.0279. The van der Waals surface area contributed by atoms with Crippen molar-refractivity contribution in [2.75, 3.05) is 0 Å². The smallest absolute Gasteiger partial charge is 0.339 e. The number of aryl methyl sites for hydroxylation is 2. The lowest BCUT2D eigenvalue weighted by Gasteiger charge is -2.26. The molecule has 0 aliphatic carbocycles. The fourth-order valence-electron chi connectivity index (χ4n) is 3.73. The van der Waals surface area contributed by atoms with Gasteiger partial charge in [0.2, 0.25) is 5.78 Å². The van der Waals surface area contributed by atoms with Crippen LogP contribution < -0.4 is 0 Å². The normalized spacial score (nSPS) is 12.8. The van der Waals surface area contributed by atoms with Crippen LogP contribution in [0.15, 0.2) is 66.7 Å². The first-order valence-electron chi connectivity index (χ1n) is 11.8. The SMILES string of the molecule is Cc1ccc(C(=O)[C@H](OC(=O)c2cc(C(C)(C)C)cc(C(C)(C)C)c2)c2ccccc2)cc1C. The number of hydrogen-bond donors (Lipinski definition) is 0. The minimum Gasteiger partial charge on any atom is -0.445 e. The number of hydrogen-bond acceptors (Lipinski definition) is 3. The van der Waals surface area contributed by atoms with Crippen LogP contribution in [0.4, 0.5) is 0 Å². The van der Waals surface area contributed by atoms with Crippen molar-refractivity contribution in [3.8, 4) is 0 Å². The van der Waals surface area contributed by atoms with Gasteiger partial charge in [0, 0.05) is 11.1 Å². The van der Waals surface area contributed by atoms with Crippen molar-refractivity contribution in [1.29, 1.82) is 0 Å². The molecule has 0 aliphatic heterocycles. The molecule has 0 saturated heterocycles. The van der Waals surface area contributed by atoms with E-state index >= 15 is 0 Å². The minimum absolute atomic E-state index is 0.135. The van der Waals surface area contributed by atoms with Crippen LogP contribution in [-0.2, 0) is 15.6 Å². The molecule has 0 N–H and O–H groups in total. The predicted octanol–water partition coefficient (Wildman–Crippen LogP) is 7.68. The van der Waals surface area contributed by atoms with E-state index < -0.39 is 12.1 Å². The minimum atomic E-state index is -1.02. The van der Waals surface area contributed by atoms with Crippen LogP contribution in [-0.4, -0.2) is 11.8 Å². The number of ketones is 1. The summed E-state index contributed by atoms with van der Waals surface area (Å²) < 4.78 is 5.96. The number of benzene rings is 3. The third-order valence-electron chi connectivity index (χ3n) is 6.26. The molecule has 0 fully saturated rings. The summed E-state index contributed by atoms with van der Waals surface area (Å²) in [4.78, 5) is 27.0. The molecule has 0 radical (unpaired) electrons. The fraction of sp³-hybridized carbons (Fsp3) is 0.355. The molecule has 1 atom stereocenters. The van der Waals surface area contributed by atoms with Crippen LogP contribution in [0.2, 0.25) is 0 Å². The fourth-order valence-corrected chi connectivity index (χ4v) is 3.73. The lowest BCUT2D eigenvalue weighted by atomic mass is 9.79. The second-order valence-corrected chi connectivity index (χ2v) is 11.2. The standard InChI is InChI=1S/C31H36O3/c1-20-14-15-23(16-21(20)2)27(32)28(22-12-10-9-11-13-22)34-29(33)24-17-25(30(3,4)5)19-26(18-24)31(6,7)8/h9-19,28H,1-8H3/t28-/m1/s1. The summed E-state index contributed by atoms with van der Waals surface area (Å²) in [6, 6.07) is 20.7. The molecule has 34 heavy (non-hydrogen) atoms. The zero-order valence-corrected chi connectivity index (χ0v) is 21.7. The average molecular weight is 457 g/mol. The Morgan fingerprint density at radius 1 is 0.676 bits per heavy atom. The Balaban J connectivity index is 2.04. The van der Waals surface area contributed by atoms with E-state index in [1.165, 1.54) is 0 Å². The molecule has 0 heterocycles. The molecule has 3 aromatic carbocycles. The number of carbonyl (C=O) groups is 2. The second kappa shape index (κ2) is 9.58. The largest absolute Gasteiger partial charge is 0.445 e. The summed E-state index contributed by atoms with van der Waals surface area (Å²) in [5, 5.41) is 0. The van der Waals surface area contributed by atoms with Gasteiger partial charge in [-0.25, -0.2) is 4.79 Å². The summed E-state index contributed by atoms with van der Waals surface area (Å²) in [6.07, 6.45) is -1.02. The third-order valence-corrected chi connectivity index (χ3v) is 6.26. The number of ether oxygens (including phenoxy) is 1. The van der Waals surface area contributed by atoms with Gasteiger partial charge < -0.3 is 4.74 Å². The first-order chi connectivity index (χ1) is 15.8. The Labute approximate surface area is 204 Å². The topological polar surface area (TPSA) is 43.4 Å². The van der Waals surface area contributed by atoms with E-state index in [1.807, 2.05) is 68.4 Å². The van der Waals surface area contributed by atoms with Gasteiger partial charge in [0.05, 0.1) is 5.56 Å². The van der Waals surface area contributed by atoms with E-state index in [4.69, 9.17) is 4.74 Å². The lowest BCUT2D eigenvalue weighted by Crippen LogP contribution is -2.22. The first kappa shape index (κ1) is 25.4. The Morgan fingerprint density at radius 2 is 1.24 bits per heavy atom. The van der Waals surface area contributed by atoms with Gasteiger partial charge in [-0.3, -0.25) is 4.79 Å². The number of Topliss-reactive ketones (excluding diaryl/α,β-unsaturated/α-hetero) is 1. The van der Waals surface area contributed by atoms with Gasteiger partial charge in [0.15, 0.2) is 6.10 Å². The van der Waals surface area contributed by atoms with Crippen molar-refractivity contribution in [3.05, 3.63) is 106 Å². The van der Waals surface area contributed by atoms with E-state index in [0.29, 0.717) is 16.7 Å². The van der Waals surface area contributed by atoms with E-state index in [0.717, 1.165) is 22.3 Å². The van der Waals surface area contributed by atoms with Crippen molar-refractivity contribution < 1.29 is 14.3 Å². The van der Waals surface area contributed by atoms with Gasteiger partial charge in [-0.05, 0) is 65.1 Å². The van der Waals surface area contributed by atoms with Crippen LogP contribution in [0.3, 0.4) is 0 Å². The highest BCUT2D eigenvalue weighted by Gasteiger charge is 2.29. The summed E-state index contributed by atoms with van der Waals surface area (Å²) >= 11 is 0. The van der Waals surface area contributed by atoms with Crippen molar-refractivity contribution in [2.24, 2.45) is 0 Å². The van der Waals surface area contributed by atoms with Crippen LogP contribution >= 0.6 is 0 Å². The molecule has 0 unspecified atom stereocenters. The quantitative estimate of drug-likeness (QED) is 0.292. The summed E-state index contributed by atoms with van der Waals surface area (Å²) in [5.41, 5.74) is 5.63.